The van der Waals surface area contributed by atoms with E-state index in [2.05, 4.69) is 54.2 Å². The lowest BCUT2D eigenvalue weighted by atomic mass is 9.95. The number of pyridine rings is 1. The van der Waals surface area contributed by atoms with Gasteiger partial charge in [0.1, 0.15) is 5.82 Å². The topological polar surface area (TPSA) is 45.2 Å². The lowest BCUT2D eigenvalue weighted by Gasteiger charge is -2.32. The number of aromatic nitrogens is 1. The van der Waals surface area contributed by atoms with E-state index in [4.69, 9.17) is 0 Å². The fourth-order valence-electron chi connectivity index (χ4n) is 3.74. The fourth-order valence-corrected chi connectivity index (χ4v) is 4.66. The number of anilines is 2. The number of hydrogen-bond acceptors (Lipinski definition) is 4. The number of amides is 1. The minimum atomic E-state index is 0.0614. The molecule has 4 nitrogen and oxygen atoms in total. The number of nitrogens with one attached hydrogen (secondary N) is 1. The molecule has 1 N–H and O–H groups in total. The van der Waals surface area contributed by atoms with Crippen LogP contribution < -0.4 is 10.2 Å². The highest BCUT2D eigenvalue weighted by Gasteiger charge is 2.26. The fraction of sp³-hybridized carbons (Fsp3) is 0.364. The molecule has 4 rings (SSSR count). The van der Waals surface area contributed by atoms with Gasteiger partial charge >= 0.3 is 0 Å². The van der Waals surface area contributed by atoms with E-state index in [0.29, 0.717) is 0 Å². The van der Waals surface area contributed by atoms with Gasteiger partial charge in [-0.25, -0.2) is 4.98 Å². The van der Waals surface area contributed by atoms with Crippen LogP contribution in [0.15, 0.2) is 36.5 Å². The van der Waals surface area contributed by atoms with Crippen molar-refractivity contribution in [1.29, 1.82) is 0 Å². The Hall–Kier alpha value is -2.40. The third-order valence-corrected chi connectivity index (χ3v) is 6.50. The molecule has 1 aliphatic rings. The second kappa shape index (κ2) is 7.31. The van der Waals surface area contributed by atoms with Gasteiger partial charge in [-0.1, -0.05) is 6.07 Å². The molecule has 0 unspecified atom stereocenters. The highest BCUT2D eigenvalue weighted by Crippen LogP contribution is 2.33. The number of nitrogens with zero attached hydrogens (tertiary/aromatic N) is 2. The first-order chi connectivity index (χ1) is 13.0. The average Bonchev–Trinajstić information content (AvgIpc) is 3.05. The zero-order valence-corrected chi connectivity index (χ0v) is 16.9. The van der Waals surface area contributed by atoms with E-state index in [0.717, 1.165) is 37.4 Å². The van der Waals surface area contributed by atoms with Gasteiger partial charge in [0.05, 0.1) is 0 Å². The van der Waals surface area contributed by atoms with Crippen LogP contribution in [0.25, 0.3) is 10.1 Å². The maximum absolute atomic E-state index is 12.7. The Bertz CT molecular complexity index is 986. The van der Waals surface area contributed by atoms with Crippen LogP contribution in [0.4, 0.5) is 11.5 Å². The summed E-state index contributed by atoms with van der Waals surface area (Å²) < 4.78 is 1.28. The SMILES string of the molecule is Cc1cc2c(N3CCC(C(=O)Nc4ccc(C)c(C)c4)CC3)nccc2s1. The number of thiophene rings is 1. The normalized spacial score (nSPS) is 15.3. The molecule has 1 fully saturated rings. The quantitative estimate of drug-likeness (QED) is 0.690. The predicted molar refractivity (Wildman–Crippen MR) is 114 cm³/mol. The van der Waals surface area contributed by atoms with Crippen LogP contribution in [0.1, 0.15) is 28.8 Å². The molecule has 0 bridgehead atoms. The van der Waals surface area contributed by atoms with E-state index in [1.807, 2.05) is 29.7 Å². The third-order valence-electron chi connectivity index (χ3n) is 5.49. The van der Waals surface area contributed by atoms with Crippen LogP contribution in [0.5, 0.6) is 0 Å². The Kier molecular flexibility index (Phi) is 4.87. The second-order valence-electron chi connectivity index (χ2n) is 7.45. The van der Waals surface area contributed by atoms with Gasteiger partial charge in [0, 0.05) is 45.9 Å². The molecule has 140 valence electrons. The first-order valence-electron chi connectivity index (χ1n) is 9.49. The molecule has 27 heavy (non-hydrogen) atoms. The van der Waals surface area contributed by atoms with E-state index in [1.54, 1.807) is 0 Å². The van der Waals surface area contributed by atoms with Gasteiger partial charge in [-0.2, -0.15) is 0 Å². The summed E-state index contributed by atoms with van der Waals surface area (Å²) in [6.07, 6.45) is 3.61. The van der Waals surface area contributed by atoms with Gasteiger partial charge in [-0.05, 0) is 69.0 Å². The largest absolute Gasteiger partial charge is 0.356 e. The molecule has 3 heterocycles. The van der Waals surface area contributed by atoms with E-state index < -0.39 is 0 Å². The minimum absolute atomic E-state index is 0.0614. The predicted octanol–water partition coefficient (Wildman–Crippen LogP) is 5.08. The molecule has 3 aromatic rings. The monoisotopic (exact) mass is 379 g/mol. The van der Waals surface area contributed by atoms with Crippen molar-refractivity contribution in [3.8, 4) is 0 Å². The van der Waals surface area contributed by atoms with Crippen molar-refractivity contribution < 1.29 is 4.79 Å². The number of piperidine rings is 1. The van der Waals surface area contributed by atoms with Crippen LogP contribution in [0, 0.1) is 26.7 Å². The zero-order valence-electron chi connectivity index (χ0n) is 16.1. The van der Waals surface area contributed by atoms with Crippen molar-refractivity contribution >= 4 is 38.8 Å². The van der Waals surface area contributed by atoms with Crippen LogP contribution >= 0.6 is 11.3 Å². The summed E-state index contributed by atoms with van der Waals surface area (Å²) in [6, 6.07) is 10.4. The average molecular weight is 380 g/mol. The Morgan fingerprint density at radius 2 is 1.89 bits per heavy atom. The van der Waals surface area contributed by atoms with Gasteiger partial charge in [0.2, 0.25) is 5.91 Å². The van der Waals surface area contributed by atoms with Gasteiger partial charge < -0.3 is 10.2 Å². The molecular weight excluding hydrogens is 354 g/mol. The van der Waals surface area contributed by atoms with Crippen LogP contribution in [0.3, 0.4) is 0 Å². The van der Waals surface area contributed by atoms with E-state index in [1.165, 1.54) is 26.1 Å². The second-order valence-corrected chi connectivity index (χ2v) is 8.74. The lowest BCUT2D eigenvalue weighted by Crippen LogP contribution is -2.38. The highest BCUT2D eigenvalue weighted by molar-refractivity contribution is 7.19. The molecule has 0 atom stereocenters. The summed E-state index contributed by atoms with van der Waals surface area (Å²) in [7, 11) is 0. The van der Waals surface area contributed by atoms with Gasteiger partial charge in [0.25, 0.3) is 0 Å². The number of benzene rings is 1. The summed E-state index contributed by atoms with van der Waals surface area (Å²) in [5.41, 5.74) is 3.34. The van der Waals surface area contributed by atoms with Crippen molar-refractivity contribution in [3.63, 3.8) is 0 Å². The molecule has 5 heteroatoms. The molecule has 1 amide bonds. The number of rotatable bonds is 3. The molecule has 0 aliphatic carbocycles. The van der Waals surface area contributed by atoms with Crippen molar-refractivity contribution in [3.05, 3.63) is 52.5 Å². The number of hydrogen-bond donors (Lipinski definition) is 1. The zero-order chi connectivity index (χ0) is 19.0. The lowest BCUT2D eigenvalue weighted by molar-refractivity contribution is -0.120. The van der Waals surface area contributed by atoms with Crippen LogP contribution in [0.2, 0.25) is 0 Å². The van der Waals surface area contributed by atoms with Crippen LogP contribution in [-0.2, 0) is 4.79 Å². The first-order valence-corrected chi connectivity index (χ1v) is 10.3. The maximum Gasteiger partial charge on any atom is 0.227 e. The summed E-state index contributed by atoms with van der Waals surface area (Å²) in [6.45, 7) is 8.03. The molecule has 2 aromatic heterocycles. The van der Waals surface area contributed by atoms with E-state index in [9.17, 15) is 4.79 Å². The number of fused-ring (bicyclic) bond motifs is 1. The van der Waals surface area contributed by atoms with Crippen molar-refractivity contribution in [2.45, 2.75) is 33.6 Å². The van der Waals surface area contributed by atoms with Gasteiger partial charge in [0.15, 0.2) is 0 Å². The minimum Gasteiger partial charge on any atom is -0.356 e. The molecular formula is C22H25N3OS. The Morgan fingerprint density at radius 1 is 1.11 bits per heavy atom. The smallest absolute Gasteiger partial charge is 0.227 e. The summed E-state index contributed by atoms with van der Waals surface area (Å²) in [5.74, 6) is 1.26. The standard InChI is InChI=1S/C22H25N3OS/c1-14-4-5-18(12-15(14)2)24-22(26)17-7-10-25(11-8-17)21-19-13-16(3)27-20(19)6-9-23-21/h4-6,9,12-13,17H,7-8,10-11H2,1-3H3,(H,24,26). The number of carbonyl (C=O) groups is 1. The third kappa shape index (κ3) is 3.69. The molecule has 0 spiro atoms. The molecule has 0 radical (unpaired) electrons. The number of aryl methyl sites for hydroxylation is 3. The Labute approximate surface area is 164 Å². The van der Waals surface area contributed by atoms with Crippen molar-refractivity contribution in [2.75, 3.05) is 23.3 Å². The van der Waals surface area contributed by atoms with Crippen molar-refractivity contribution in [1.82, 2.24) is 4.98 Å². The Morgan fingerprint density at radius 3 is 2.63 bits per heavy atom. The van der Waals surface area contributed by atoms with Gasteiger partial charge in [-0.15, -0.1) is 11.3 Å². The number of carbonyl (C=O) groups excluding carboxylic acids is 1. The van der Waals surface area contributed by atoms with E-state index in [-0.39, 0.29) is 11.8 Å². The Balaban J connectivity index is 1.42. The van der Waals surface area contributed by atoms with Crippen LogP contribution in [-0.4, -0.2) is 24.0 Å². The summed E-state index contributed by atoms with van der Waals surface area (Å²) in [5, 5.41) is 4.33. The first kappa shape index (κ1) is 18.0. The molecule has 1 aliphatic heterocycles. The summed E-state index contributed by atoms with van der Waals surface area (Å²) in [4.78, 5) is 20.9. The maximum atomic E-state index is 12.7. The highest BCUT2D eigenvalue weighted by atomic mass is 32.1. The van der Waals surface area contributed by atoms with E-state index >= 15 is 0 Å². The molecule has 1 saturated heterocycles. The van der Waals surface area contributed by atoms with Gasteiger partial charge in [-0.3, -0.25) is 4.79 Å². The summed E-state index contributed by atoms with van der Waals surface area (Å²) >= 11 is 1.81. The molecule has 0 saturated carbocycles. The van der Waals surface area contributed by atoms with Crippen molar-refractivity contribution in [2.24, 2.45) is 5.92 Å². The molecule has 1 aromatic carbocycles.